The summed E-state index contributed by atoms with van der Waals surface area (Å²) in [6.45, 7) is 0.369. The highest BCUT2D eigenvalue weighted by Crippen LogP contribution is 2.22. The molecule has 3 nitrogen and oxygen atoms in total. The van der Waals surface area contributed by atoms with Gasteiger partial charge in [-0.3, -0.25) is 4.79 Å². The Kier molecular flexibility index (Phi) is 1.86. The van der Waals surface area contributed by atoms with E-state index < -0.39 is 0 Å². The quantitative estimate of drug-likeness (QED) is 0.315. The lowest BCUT2D eigenvalue weighted by Gasteiger charge is -1.96. The summed E-state index contributed by atoms with van der Waals surface area (Å²) in [4.78, 5) is 9.62. The minimum Gasteiger partial charge on any atom is -0.358 e. The highest BCUT2D eigenvalue weighted by Gasteiger charge is 2.21. The fraction of sp³-hybridized carbons (Fsp3) is 0.800. The molecule has 0 radical (unpaired) electrons. The van der Waals surface area contributed by atoms with E-state index in [9.17, 15) is 4.79 Å². The molecule has 0 heterocycles. The molecule has 46 valence electrons. The van der Waals surface area contributed by atoms with Crippen molar-refractivity contribution in [3.8, 4) is 0 Å². The summed E-state index contributed by atoms with van der Waals surface area (Å²) in [5, 5.41) is 2.42. The molecule has 0 saturated heterocycles. The molecule has 0 atom stereocenters. The topological polar surface area (TPSA) is 38.3 Å². The van der Waals surface area contributed by atoms with Crippen LogP contribution in [0, 0.1) is 0 Å². The first-order valence-electron chi connectivity index (χ1n) is 2.72. The molecule has 1 amide bonds. The van der Waals surface area contributed by atoms with E-state index in [0.29, 0.717) is 19.2 Å². The number of hydrogen-bond acceptors (Lipinski definition) is 2. The van der Waals surface area contributed by atoms with E-state index >= 15 is 0 Å². The number of ether oxygens (including phenoxy) is 1. The zero-order valence-corrected chi connectivity index (χ0v) is 4.59. The standard InChI is InChI=1S/C5H9NO2/c7-3-6-4-8-5-1-2-5/h3,5H,1-2,4H2,(H,6,7). The third kappa shape index (κ3) is 1.93. The Morgan fingerprint density at radius 1 is 1.75 bits per heavy atom. The summed E-state index contributed by atoms with van der Waals surface area (Å²) in [6.07, 6.45) is 3.38. The first-order valence-corrected chi connectivity index (χ1v) is 2.72. The molecule has 0 spiro atoms. The van der Waals surface area contributed by atoms with Crippen molar-refractivity contribution in [1.82, 2.24) is 5.32 Å². The largest absolute Gasteiger partial charge is 0.358 e. The van der Waals surface area contributed by atoms with Crippen LogP contribution in [0.25, 0.3) is 0 Å². The third-order valence-electron chi connectivity index (χ3n) is 1.01. The highest BCUT2D eigenvalue weighted by molar-refractivity contribution is 5.45. The van der Waals surface area contributed by atoms with Gasteiger partial charge in [-0.1, -0.05) is 0 Å². The summed E-state index contributed by atoms with van der Waals surface area (Å²) in [7, 11) is 0. The minimum absolute atomic E-state index is 0.369. The van der Waals surface area contributed by atoms with E-state index in [1.54, 1.807) is 0 Å². The zero-order valence-electron chi connectivity index (χ0n) is 4.59. The number of nitrogens with one attached hydrogen (secondary N) is 1. The third-order valence-corrected chi connectivity index (χ3v) is 1.01. The Morgan fingerprint density at radius 2 is 2.50 bits per heavy atom. The number of carbonyl (C=O) groups excluding carboxylic acids is 1. The maximum Gasteiger partial charge on any atom is 0.208 e. The predicted octanol–water partition coefficient (Wildman–Crippen LogP) is -0.131. The van der Waals surface area contributed by atoms with Crippen molar-refractivity contribution in [2.24, 2.45) is 0 Å². The molecule has 0 aliphatic heterocycles. The van der Waals surface area contributed by atoms with Crippen molar-refractivity contribution in [2.75, 3.05) is 6.73 Å². The van der Waals surface area contributed by atoms with Gasteiger partial charge >= 0.3 is 0 Å². The maximum absolute atomic E-state index is 9.62. The van der Waals surface area contributed by atoms with Crippen LogP contribution < -0.4 is 5.32 Å². The Labute approximate surface area is 48.0 Å². The van der Waals surface area contributed by atoms with Crippen LogP contribution in [0.1, 0.15) is 12.8 Å². The van der Waals surface area contributed by atoms with Crippen molar-refractivity contribution >= 4 is 6.41 Å². The molecule has 3 heteroatoms. The molecule has 1 N–H and O–H groups in total. The summed E-state index contributed by atoms with van der Waals surface area (Å²) in [6, 6.07) is 0. The molecule has 8 heavy (non-hydrogen) atoms. The van der Waals surface area contributed by atoms with Crippen LogP contribution in [0.3, 0.4) is 0 Å². The second-order valence-corrected chi connectivity index (χ2v) is 1.83. The van der Waals surface area contributed by atoms with Gasteiger partial charge in [-0.05, 0) is 12.8 Å². The molecule has 1 rings (SSSR count). The van der Waals surface area contributed by atoms with Gasteiger partial charge in [-0.25, -0.2) is 0 Å². The van der Waals surface area contributed by atoms with Crippen LogP contribution in [0.15, 0.2) is 0 Å². The van der Waals surface area contributed by atoms with Gasteiger partial charge in [0.25, 0.3) is 0 Å². The van der Waals surface area contributed by atoms with Gasteiger partial charge < -0.3 is 10.1 Å². The summed E-state index contributed by atoms with van der Waals surface area (Å²) in [5.41, 5.74) is 0. The van der Waals surface area contributed by atoms with E-state index in [1.807, 2.05) is 0 Å². The average Bonchev–Trinajstić information content (AvgIpc) is 2.51. The van der Waals surface area contributed by atoms with E-state index in [-0.39, 0.29) is 0 Å². The smallest absolute Gasteiger partial charge is 0.208 e. The second kappa shape index (κ2) is 2.67. The van der Waals surface area contributed by atoms with Crippen LogP contribution in [0.2, 0.25) is 0 Å². The van der Waals surface area contributed by atoms with Crippen LogP contribution in [0.4, 0.5) is 0 Å². The molecule has 0 aromatic carbocycles. The minimum atomic E-state index is 0.369. The first kappa shape index (κ1) is 5.56. The molecule has 1 fully saturated rings. The van der Waals surface area contributed by atoms with Gasteiger partial charge in [0, 0.05) is 0 Å². The lowest BCUT2D eigenvalue weighted by atomic mass is 10.8. The SMILES string of the molecule is O=CNCOC1CC1. The first-order chi connectivity index (χ1) is 3.93. The van der Waals surface area contributed by atoms with Crippen molar-refractivity contribution in [3.05, 3.63) is 0 Å². The number of amides is 1. The lowest BCUT2D eigenvalue weighted by molar-refractivity contribution is -0.111. The van der Waals surface area contributed by atoms with Crippen LogP contribution in [0.5, 0.6) is 0 Å². The van der Waals surface area contributed by atoms with Gasteiger partial charge in [0.2, 0.25) is 6.41 Å². The Balaban J connectivity index is 1.80. The van der Waals surface area contributed by atoms with E-state index in [1.165, 1.54) is 0 Å². The Hall–Kier alpha value is -0.570. The molecular weight excluding hydrogens is 106 g/mol. The van der Waals surface area contributed by atoms with E-state index in [4.69, 9.17) is 4.74 Å². The average molecular weight is 115 g/mol. The van der Waals surface area contributed by atoms with Gasteiger partial charge in [-0.15, -0.1) is 0 Å². The van der Waals surface area contributed by atoms with Crippen molar-refractivity contribution in [3.63, 3.8) is 0 Å². The predicted molar refractivity (Wildman–Crippen MR) is 28.2 cm³/mol. The highest BCUT2D eigenvalue weighted by atomic mass is 16.5. The van der Waals surface area contributed by atoms with Crippen molar-refractivity contribution < 1.29 is 9.53 Å². The molecule has 0 aromatic rings. The Morgan fingerprint density at radius 3 is 3.00 bits per heavy atom. The maximum atomic E-state index is 9.62. The van der Waals surface area contributed by atoms with Crippen LogP contribution in [-0.4, -0.2) is 19.2 Å². The van der Waals surface area contributed by atoms with Crippen molar-refractivity contribution in [2.45, 2.75) is 18.9 Å². The normalized spacial score (nSPS) is 18.0. The van der Waals surface area contributed by atoms with Crippen molar-refractivity contribution in [1.29, 1.82) is 0 Å². The van der Waals surface area contributed by atoms with Gasteiger partial charge in [0.05, 0.1) is 6.10 Å². The second-order valence-electron chi connectivity index (χ2n) is 1.83. The van der Waals surface area contributed by atoms with Crippen LogP contribution >= 0.6 is 0 Å². The summed E-state index contributed by atoms with van der Waals surface area (Å²) in [5.74, 6) is 0. The summed E-state index contributed by atoms with van der Waals surface area (Å²) < 4.78 is 5.05. The Bertz CT molecular complexity index is 80.5. The summed E-state index contributed by atoms with van der Waals surface area (Å²) >= 11 is 0. The molecule has 0 unspecified atom stereocenters. The number of hydrogen-bond donors (Lipinski definition) is 1. The number of rotatable bonds is 4. The molecule has 1 aliphatic carbocycles. The van der Waals surface area contributed by atoms with Gasteiger partial charge in [0.1, 0.15) is 6.73 Å². The van der Waals surface area contributed by atoms with E-state index in [2.05, 4.69) is 5.32 Å². The lowest BCUT2D eigenvalue weighted by Crippen LogP contribution is -2.15. The molecular formula is C5H9NO2. The molecule has 0 bridgehead atoms. The van der Waals surface area contributed by atoms with E-state index in [0.717, 1.165) is 12.8 Å². The molecule has 1 aliphatic rings. The molecule has 1 saturated carbocycles. The van der Waals surface area contributed by atoms with Gasteiger partial charge in [0.15, 0.2) is 0 Å². The monoisotopic (exact) mass is 115 g/mol. The van der Waals surface area contributed by atoms with Crippen LogP contribution in [-0.2, 0) is 9.53 Å². The fourth-order valence-corrected chi connectivity index (χ4v) is 0.435. The van der Waals surface area contributed by atoms with Gasteiger partial charge in [-0.2, -0.15) is 0 Å². The zero-order chi connectivity index (χ0) is 5.82. The fourth-order valence-electron chi connectivity index (χ4n) is 0.435. The molecule has 0 aromatic heterocycles. The number of carbonyl (C=O) groups is 1.